The van der Waals surface area contributed by atoms with E-state index in [0.717, 1.165) is 23.5 Å². The molecule has 0 atom stereocenters. The van der Waals surface area contributed by atoms with Crippen LogP contribution in [-0.4, -0.2) is 0 Å². The maximum atomic E-state index is 14.6. The Bertz CT molecular complexity index is 785. The van der Waals surface area contributed by atoms with Gasteiger partial charge in [-0.15, -0.1) is 0 Å². The van der Waals surface area contributed by atoms with Gasteiger partial charge in [0.2, 0.25) is 0 Å². The van der Waals surface area contributed by atoms with E-state index in [0.29, 0.717) is 11.5 Å². The van der Waals surface area contributed by atoms with Crippen molar-refractivity contribution in [2.45, 2.75) is 64.7 Å². The zero-order valence-corrected chi connectivity index (χ0v) is 16.0. The van der Waals surface area contributed by atoms with Gasteiger partial charge in [0.1, 0.15) is 5.82 Å². The minimum Gasteiger partial charge on any atom is -0.206 e. The molecule has 136 valence electrons. The summed E-state index contributed by atoms with van der Waals surface area (Å²) in [7, 11) is 0. The van der Waals surface area contributed by atoms with Crippen LogP contribution in [0.15, 0.2) is 42.5 Å². The van der Waals surface area contributed by atoms with E-state index < -0.39 is 0 Å². The Labute approximate surface area is 157 Å². The molecule has 1 heteroatoms. The molecule has 0 saturated heterocycles. The lowest BCUT2D eigenvalue weighted by atomic mass is 9.77. The van der Waals surface area contributed by atoms with E-state index in [4.69, 9.17) is 0 Å². The van der Waals surface area contributed by atoms with Crippen molar-refractivity contribution in [3.05, 3.63) is 70.5 Å². The zero-order valence-electron chi connectivity index (χ0n) is 16.0. The Kier molecular flexibility index (Phi) is 6.51. The van der Waals surface area contributed by atoms with E-state index in [9.17, 15) is 4.39 Å². The predicted molar refractivity (Wildman–Crippen MR) is 108 cm³/mol. The fourth-order valence-corrected chi connectivity index (χ4v) is 4.16. The van der Waals surface area contributed by atoms with Crippen LogP contribution >= 0.6 is 0 Å². The van der Waals surface area contributed by atoms with Gasteiger partial charge in [-0.25, -0.2) is 4.39 Å². The zero-order chi connectivity index (χ0) is 18.4. The van der Waals surface area contributed by atoms with Crippen molar-refractivity contribution >= 4 is 0 Å². The van der Waals surface area contributed by atoms with Gasteiger partial charge in [0.25, 0.3) is 0 Å². The normalized spacial score (nSPS) is 19.7. The summed E-state index contributed by atoms with van der Waals surface area (Å²) < 4.78 is 14.6. The number of aryl methyl sites for hydroxylation is 1. The lowest BCUT2D eigenvalue weighted by Crippen LogP contribution is -2.13. The quantitative estimate of drug-likeness (QED) is 0.529. The molecule has 0 aliphatic heterocycles. The van der Waals surface area contributed by atoms with Crippen molar-refractivity contribution in [2.75, 3.05) is 0 Å². The molecule has 1 aliphatic carbocycles. The molecule has 0 N–H and O–H groups in total. The number of benzene rings is 2. The van der Waals surface area contributed by atoms with Crippen molar-refractivity contribution < 1.29 is 4.39 Å². The Balaban J connectivity index is 1.72. The monoisotopic (exact) mass is 348 g/mol. The fourth-order valence-electron chi connectivity index (χ4n) is 4.16. The second-order valence-electron chi connectivity index (χ2n) is 7.51. The maximum absolute atomic E-state index is 14.6. The molecule has 0 radical (unpaired) electrons. The Morgan fingerprint density at radius 3 is 2.35 bits per heavy atom. The Morgan fingerprint density at radius 2 is 1.65 bits per heavy atom. The molecule has 1 aliphatic rings. The van der Waals surface area contributed by atoms with E-state index in [-0.39, 0.29) is 5.82 Å². The van der Waals surface area contributed by atoms with Crippen LogP contribution in [0.25, 0.3) is 0 Å². The largest absolute Gasteiger partial charge is 0.206 e. The molecule has 0 amide bonds. The van der Waals surface area contributed by atoms with E-state index in [1.807, 2.05) is 24.3 Å². The van der Waals surface area contributed by atoms with Crippen LogP contribution < -0.4 is 0 Å². The Morgan fingerprint density at radius 1 is 0.923 bits per heavy atom. The van der Waals surface area contributed by atoms with Gasteiger partial charge in [-0.05, 0) is 73.3 Å². The van der Waals surface area contributed by atoms with Crippen molar-refractivity contribution in [3.8, 4) is 11.8 Å². The average Bonchev–Trinajstić information content (AvgIpc) is 2.68. The van der Waals surface area contributed by atoms with Crippen molar-refractivity contribution in [3.63, 3.8) is 0 Å². The topological polar surface area (TPSA) is 0 Å². The molecule has 26 heavy (non-hydrogen) atoms. The summed E-state index contributed by atoms with van der Waals surface area (Å²) in [6.07, 6.45) is 8.52. The molecule has 0 bridgehead atoms. The highest BCUT2D eigenvalue weighted by Gasteiger charge is 2.22. The van der Waals surface area contributed by atoms with Crippen LogP contribution in [0.3, 0.4) is 0 Å². The van der Waals surface area contributed by atoms with Crippen molar-refractivity contribution in [2.24, 2.45) is 5.92 Å². The van der Waals surface area contributed by atoms with Crippen LogP contribution in [0.4, 0.5) is 4.39 Å². The standard InChI is InChI=1S/C25H29F/c1-3-7-19-10-12-22(13-11-19)24-17-16-23(25(26)18-24)15-14-21-9-6-5-8-20(21)4-2/h5-6,8-9,16-19,22H,3-4,7,10-13H2,1-2H3. The van der Waals surface area contributed by atoms with Crippen LogP contribution in [-0.2, 0) is 6.42 Å². The third-order valence-corrected chi connectivity index (χ3v) is 5.74. The highest BCUT2D eigenvalue weighted by atomic mass is 19.1. The van der Waals surface area contributed by atoms with E-state index in [1.165, 1.54) is 44.1 Å². The van der Waals surface area contributed by atoms with Gasteiger partial charge in [0, 0.05) is 5.56 Å². The van der Waals surface area contributed by atoms with Crippen molar-refractivity contribution in [1.29, 1.82) is 0 Å². The maximum Gasteiger partial charge on any atom is 0.139 e. The molecule has 0 heterocycles. The summed E-state index contributed by atoms with van der Waals surface area (Å²) >= 11 is 0. The first-order valence-electron chi connectivity index (χ1n) is 10.1. The first-order valence-corrected chi connectivity index (χ1v) is 10.1. The summed E-state index contributed by atoms with van der Waals surface area (Å²) in [5, 5.41) is 0. The number of hydrogen-bond acceptors (Lipinski definition) is 0. The van der Waals surface area contributed by atoms with Gasteiger partial charge in [-0.2, -0.15) is 0 Å². The molecule has 0 aromatic heterocycles. The van der Waals surface area contributed by atoms with E-state index >= 15 is 0 Å². The third-order valence-electron chi connectivity index (χ3n) is 5.74. The van der Waals surface area contributed by atoms with Crippen LogP contribution in [0, 0.1) is 23.6 Å². The lowest BCUT2D eigenvalue weighted by Gasteiger charge is -2.28. The first kappa shape index (κ1) is 18.7. The predicted octanol–water partition coefficient (Wildman–Crippen LogP) is 6.86. The molecule has 0 spiro atoms. The molecular formula is C25H29F. The summed E-state index contributed by atoms with van der Waals surface area (Å²) in [6, 6.07) is 13.8. The van der Waals surface area contributed by atoms with Crippen LogP contribution in [0.1, 0.15) is 80.5 Å². The summed E-state index contributed by atoms with van der Waals surface area (Å²) in [5.41, 5.74) is 3.85. The second kappa shape index (κ2) is 9.04. The van der Waals surface area contributed by atoms with Gasteiger partial charge in [0.15, 0.2) is 0 Å². The summed E-state index contributed by atoms with van der Waals surface area (Å²) in [4.78, 5) is 0. The smallest absolute Gasteiger partial charge is 0.139 e. The molecule has 0 nitrogen and oxygen atoms in total. The number of halogens is 1. The van der Waals surface area contributed by atoms with Crippen LogP contribution in [0.5, 0.6) is 0 Å². The molecule has 1 saturated carbocycles. The summed E-state index contributed by atoms with van der Waals surface area (Å²) in [5.74, 6) is 7.40. The highest BCUT2D eigenvalue weighted by Crippen LogP contribution is 2.37. The Hall–Kier alpha value is -2.07. The summed E-state index contributed by atoms with van der Waals surface area (Å²) in [6.45, 7) is 4.38. The molecule has 2 aromatic rings. The van der Waals surface area contributed by atoms with E-state index in [1.54, 1.807) is 6.07 Å². The highest BCUT2D eigenvalue weighted by molar-refractivity contribution is 5.47. The number of hydrogen-bond donors (Lipinski definition) is 0. The fraction of sp³-hybridized carbons (Fsp3) is 0.440. The molecule has 1 fully saturated rings. The molecule has 3 rings (SSSR count). The lowest BCUT2D eigenvalue weighted by molar-refractivity contribution is 0.308. The SMILES string of the molecule is CCCC1CCC(c2ccc(C#Cc3ccccc3CC)c(F)c2)CC1. The van der Waals surface area contributed by atoms with Crippen molar-refractivity contribution in [1.82, 2.24) is 0 Å². The minimum absolute atomic E-state index is 0.181. The number of rotatable bonds is 4. The first-order chi connectivity index (χ1) is 12.7. The van der Waals surface area contributed by atoms with E-state index in [2.05, 4.69) is 37.8 Å². The molecule has 2 aromatic carbocycles. The molecule has 0 unspecified atom stereocenters. The average molecular weight is 349 g/mol. The third kappa shape index (κ3) is 4.55. The van der Waals surface area contributed by atoms with Crippen LogP contribution in [0.2, 0.25) is 0 Å². The van der Waals surface area contributed by atoms with Gasteiger partial charge in [-0.3, -0.25) is 0 Å². The second-order valence-corrected chi connectivity index (χ2v) is 7.51. The van der Waals surface area contributed by atoms with Gasteiger partial charge in [0.05, 0.1) is 5.56 Å². The van der Waals surface area contributed by atoms with Gasteiger partial charge >= 0.3 is 0 Å². The van der Waals surface area contributed by atoms with Gasteiger partial charge < -0.3 is 0 Å². The minimum atomic E-state index is -0.181. The van der Waals surface area contributed by atoms with Gasteiger partial charge in [-0.1, -0.05) is 62.8 Å². The molecular weight excluding hydrogens is 319 g/mol.